The molecule has 0 radical (unpaired) electrons. The first-order valence-corrected chi connectivity index (χ1v) is 6.58. The van der Waals surface area contributed by atoms with Crippen LogP contribution in [0.4, 0.5) is 5.95 Å². The van der Waals surface area contributed by atoms with Crippen LogP contribution < -0.4 is 5.73 Å². The summed E-state index contributed by atoms with van der Waals surface area (Å²) in [5.41, 5.74) is 5.39. The van der Waals surface area contributed by atoms with E-state index in [0.29, 0.717) is 0 Å². The Kier molecular flexibility index (Phi) is 3.28. The van der Waals surface area contributed by atoms with Crippen molar-refractivity contribution in [1.82, 2.24) is 20.1 Å². The molecule has 0 saturated carbocycles. The Hall–Kier alpha value is -1.24. The van der Waals surface area contributed by atoms with Crippen LogP contribution in [0.3, 0.4) is 0 Å². The van der Waals surface area contributed by atoms with E-state index >= 15 is 0 Å². The zero-order valence-corrected chi connectivity index (χ0v) is 10.9. The van der Waals surface area contributed by atoms with Gasteiger partial charge in [-0.3, -0.25) is 9.89 Å². The minimum absolute atomic E-state index is 0.109. The largest absolute Gasteiger partial charge is 0.366 e. The van der Waals surface area contributed by atoms with Crippen molar-refractivity contribution in [2.75, 3.05) is 24.6 Å². The molecule has 2 rings (SSSR count). The van der Waals surface area contributed by atoms with E-state index in [9.17, 15) is 4.79 Å². The highest BCUT2D eigenvalue weighted by molar-refractivity contribution is 8.00. The number of nitrogens with zero attached hydrogens (tertiary/aromatic N) is 3. The standard InChI is InChI=1S/C10H17N5OS/c1-10(2)3-4-15(5-6-17-10)8(16)7-12-9(11)14-13-7/h3-6H2,1-2H3,(H3,11,12,13,14). The van der Waals surface area contributed by atoms with Gasteiger partial charge in [0.1, 0.15) is 0 Å². The number of hydrogen-bond donors (Lipinski definition) is 2. The van der Waals surface area contributed by atoms with E-state index in [-0.39, 0.29) is 22.4 Å². The van der Waals surface area contributed by atoms with Gasteiger partial charge in [-0.1, -0.05) is 13.8 Å². The van der Waals surface area contributed by atoms with Crippen LogP contribution in [0, 0.1) is 0 Å². The van der Waals surface area contributed by atoms with Crippen molar-refractivity contribution in [3.63, 3.8) is 0 Å². The first-order valence-electron chi connectivity index (χ1n) is 5.59. The molecule has 3 N–H and O–H groups in total. The highest BCUT2D eigenvalue weighted by atomic mass is 32.2. The topological polar surface area (TPSA) is 87.9 Å². The van der Waals surface area contributed by atoms with Crippen LogP contribution >= 0.6 is 11.8 Å². The van der Waals surface area contributed by atoms with E-state index in [0.717, 1.165) is 25.3 Å². The number of aromatic amines is 1. The highest BCUT2D eigenvalue weighted by Crippen LogP contribution is 2.30. The van der Waals surface area contributed by atoms with Gasteiger partial charge in [0.15, 0.2) is 0 Å². The van der Waals surface area contributed by atoms with Gasteiger partial charge in [-0.2, -0.15) is 16.7 Å². The summed E-state index contributed by atoms with van der Waals surface area (Å²) >= 11 is 1.90. The number of rotatable bonds is 1. The maximum atomic E-state index is 12.1. The van der Waals surface area contributed by atoms with E-state index < -0.39 is 0 Å². The molecular weight excluding hydrogens is 238 g/mol. The van der Waals surface area contributed by atoms with Crippen molar-refractivity contribution in [3.05, 3.63) is 5.82 Å². The molecule has 6 nitrogen and oxygen atoms in total. The van der Waals surface area contributed by atoms with Gasteiger partial charge in [-0.05, 0) is 6.42 Å². The number of nitrogens with two attached hydrogens (primary N) is 1. The Morgan fingerprint density at radius 3 is 2.94 bits per heavy atom. The maximum absolute atomic E-state index is 12.1. The predicted octanol–water partition coefficient (Wildman–Crippen LogP) is 0.745. The molecule has 17 heavy (non-hydrogen) atoms. The molecular formula is C10H17N5OS. The monoisotopic (exact) mass is 255 g/mol. The number of anilines is 1. The summed E-state index contributed by atoms with van der Waals surface area (Å²) in [6.45, 7) is 5.91. The molecule has 0 aliphatic carbocycles. The predicted molar refractivity (Wildman–Crippen MR) is 67.9 cm³/mol. The SMILES string of the molecule is CC1(C)CCN(C(=O)c2nc(N)n[nH]2)CCS1. The normalized spacial score (nSPS) is 20.0. The number of amides is 1. The molecule has 1 aliphatic heterocycles. The number of carbonyl (C=O) groups is 1. The van der Waals surface area contributed by atoms with Crippen LogP contribution in [-0.2, 0) is 0 Å². The van der Waals surface area contributed by atoms with Gasteiger partial charge in [-0.15, -0.1) is 5.10 Å². The fourth-order valence-electron chi connectivity index (χ4n) is 1.74. The molecule has 94 valence electrons. The molecule has 1 amide bonds. The zero-order chi connectivity index (χ0) is 12.5. The first kappa shape index (κ1) is 12.2. The second-order valence-corrected chi connectivity index (χ2v) is 6.49. The fraction of sp³-hybridized carbons (Fsp3) is 0.700. The van der Waals surface area contributed by atoms with Gasteiger partial charge < -0.3 is 10.6 Å². The van der Waals surface area contributed by atoms with Gasteiger partial charge >= 0.3 is 0 Å². The van der Waals surface area contributed by atoms with Gasteiger partial charge in [0.05, 0.1) is 0 Å². The number of nitrogens with one attached hydrogen (secondary N) is 1. The minimum Gasteiger partial charge on any atom is -0.366 e. The molecule has 0 bridgehead atoms. The van der Waals surface area contributed by atoms with Crippen molar-refractivity contribution in [2.24, 2.45) is 0 Å². The minimum atomic E-state index is -0.118. The second-order valence-electron chi connectivity index (χ2n) is 4.69. The Morgan fingerprint density at radius 1 is 1.53 bits per heavy atom. The number of carbonyl (C=O) groups excluding carboxylic acids is 1. The number of nitrogen functional groups attached to an aromatic ring is 1. The molecule has 1 aromatic heterocycles. The molecule has 2 heterocycles. The van der Waals surface area contributed by atoms with Crippen molar-refractivity contribution in [2.45, 2.75) is 25.0 Å². The van der Waals surface area contributed by atoms with Crippen LogP contribution in [0.2, 0.25) is 0 Å². The lowest BCUT2D eigenvalue weighted by atomic mass is 10.1. The summed E-state index contributed by atoms with van der Waals surface area (Å²) in [6, 6.07) is 0. The molecule has 0 atom stereocenters. The Labute approximate surface area is 104 Å². The average Bonchev–Trinajstić information content (AvgIpc) is 2.60. The summed E-state index contributed by atoms with van der Waals surface area (Å²) in [5, 5.41) is 6.23. The maximum Gasteiger partial charge on any atom is 0.291 e. The average molecular weight is 255 g/mol. The lowest BCUT2D eigenvalue weighted by Gasteiger charge is -2.22. The van der Waals surface area contributed by atoms with Crippen LogP contribution in [-0.4, -0.2) is 49.6 Å². The van der Waals surface area contributed by atoms with Crippen molar-refractivity contribution in [1.29, 1.82) is 0 Å². The lowest BCUT2D eigenvalue weighted by Crippen LogP contribution is -2.34. The first-order chi connectivity index (χ1) is 7.98. The van der Waals surface area contributed by atoms with Crippen LogP contribution in [0.1, 0.15) is 30.9 Å². The lowest BCUT2D eigenvalue weighted by molar-refractivity contribution is 0.0753. The Balaban J connectivity index is 2.05. The second kappa shape index (κ2) is 4.56. The summed E-state index contributed by atoms with van der Waals surface area (Å²) < 4.78 is 0.232. The van der Waals surface area contributed by atoms with Gasteiger partial charge in [0, 0.05) is 23.6 Å². The summed E-state index contributed by atoms with van der Waals surface area (Å²) in [7, 11) is 0. The van der Waals surface area contributed by atoms with Crippen molar-refractivity contribution >= 4 is 23.6 Å². The summed E-state index contributed by atoms with van der Waals surface area (Å²) in [4.78, 5) is 17.8. The van der Waals surface area contributed by atoms with Gasteiger partial charge in [0.25, 0.3) is 5.91 Å². The third-order valence-corrected chi connectivity index (χ3v) is 4.20. The molecule has 1 aromatic rings. The molecule has 1 fully saturated rings. The molecule has 0 aromatic carbocycles. The molecule has 7 heteroatoms. The number of thioether (sulfide) groups is 1. The highest BCUT2D eigenvalue weighted by Gasteiger charge is 2.27. The zero-order valence-electron chi connectivity index (χ0n) is 10.1. The van der Waals surface area contributed by atoms with E-state index in [1.807, 2.05) is 16.7 Å². The molecule has 0 spiro atoms. The third kappa shape index (κ3) is 2.91. The van der Waals surface area contributed by atoms with E-state index in [1.54, 1.807) is 0 Å². The smallest absolute Gasteiger partial charge is 0.291 e. The number of aromatic nitrogens is 3. The Bertz CT molecular complexity index is 417. The number of H-pyrrole nitrogens is 1. The quantitative estimate of drug-likeness (QED) is 0.773. The van der Waals surface area contributed by atoms with E-state index in [1.165, 1.54) is 0 Å². The summed E-state index contributed by atoms with van der Waals surface area (Å²) in [5.74, 6) is 1.17. The van der Waals surface area contributed by atoms with Crippen molar-refractivity contribution < 1.29 is 4.79 Å². The van der Waals surface area contributed by atoms with Crippen molar-refractivity contribution in [3.8, 4) is 0 Å². The third-order valence-electron chi connectivity index (χ3n) is 2.83. The van der Waals surface area contributed by atoms with Crippen LogP contribution in [0.5, 0.6) is 0 Å². The van der Waals surface area contributed by atoms with Gasteiger partial charge in [-0.25, -0.2) is 0 Å². The van der Waals surface area contributed by atoms with Gasteiger partial charge in [0.2, 0.25) is 11.8 Å². The fourth-order valence-corrected chi connectivity index (χ4v) is 2.84. The summed E-state index contributed by atoms with van der Waals surface area (Å²) in [6.07, 6.45) is 0.979. The molecule has 1 saturated heterocycles. The molecule has 0 unspecified atom stereocenters. The van der Waals surface area contributed by atoms with E-state index in [2.05, 4.69) is 29.0 Å². The van der Waals surface area contributed by atoms with Crippen LogP contribution in [0.25, 0.3) is 0 Å². The van der Waals surface area contributed by atoms with Crippen LogP contribution in [0.15, 0.2) is 0 Å². The van der Waals surface area contributed by atoms with E-state index in [4.69, 9.17) is 5.73 Å². The number of hydrogen-bond acceptors (Lipinski definition) is 5. The molecule has 1 aliphatic rings. The Morgan fingerprint density at radius 2 is 2.29 bits per heavy atom.